The number of aromatic nitrogens is 3. The Labute approximate surface area is 233 Å². The lowest BCUT2D eigenvalue weighted by atomic mass is 10.0. The van der Waals surface area contributed by atoms with Gasteiger partial charge in [0.2, 0.25) is 5.88 Å². The first-order chi connectivity index (χ1) is 18.9. The molecule has 2 aliphatic rings. The molecule has 1 fully saturated rings. The van der Waals surface area contributed by atoms with Crippen LogP contribution in [-0.4, -0.2) is 56.3 Å². The van der Waals surface area contributed by atoms with E-state index in [9.17, 15) is 14.3 Å². The third-order valence-corrected chi connectivity index (χ3v) is 8.26. The van der Waals surface area contributed by atoms with Gasteiger partial charge in [-0.05, 0) is 42.7 Å². The van der Waals surface area contributed by atoms with Crippen molar-refractivity contribution in [1.82, 2.24) is 19.4 Å². The molecule has 5 heterocycles. The summed E-state index contributed by atoms with van der Waals surface area (Å²) in [5.41, 5.74) is 3.25. The highest BCUT2D eigenvalue weighted by Crippen LogP contribution is 2.30. The van der Waals surface area contributed by atoms with Gasteiger partial charge in [-0.1, -0.05) is 29.8 Å². The molecule has 1 saturated heterocycles. The summed E-state index contributed by atoms with van der Waals surface area (Å²) in [4.78, 5) is 24.3. The summed E-state index contributed by atoms with van der Waals surface area (Å²) < 4.78 is 27.6. The zero-order chi connectivity index (χ0) is 26.9. The smallest absolute Gasteiger partial charge is 0.346 e. The van der Waals surface area contributed by atoms with E-state index in [2.05, 4.69) is 20.5 Å². The van der Waals surface area contributed by atoms with E-state index < -0.39 is 11.8 Å². The van der Waals surface area contributed by atoms with Crippen molar-refractivity contribution in [2.24, 2.45) is 0 Å². The van der Waals surface area contributed by atoms with Crippen molar-refractivity contribution in [3.8, 4) is 5.88 Å². The van der Waals surface area contributed by atoms with Gasteiger partial charge >= 0.3 is 5.97 Å². The lowest BCUT2D eigenvalue weighted by Gasteiger charge is -2.29. The molecule has 8 nitrogen and oxygen atoms in total. The summed E-state index contributed by atoms with van der Waals surface area (Å²) in [6, 6.07) is 11.8. The number of carboxylic acid groups (broad SMARTS) is 1. The van der Waals surface area contributed by atoms with Crippen LogP contribution in [0.4, 0.5) is 4.39 Å². The molecule has 0 spiro atoms. The number of rotatable bonds is 9. The zero-order valence-electron chi connectivity index (χ0n) is 21.0. The first-order valence-corrected chi connectivity index (χ1v) is 13.9. The SMILES string of the molecule is O=C(O)c1cc2c(nc(CN3CC=C(c4cccc(OCc5ccc(Cl)cc5F)n4)CC3)n2C[C@@H]2CCO2)s1. The summed E-state index contributed by atoms with van der Waals surface area (Å²) in [5.74, 6) is 0.0198. The Bertz CT molecular complexity index is 1560. The minimum absolute atomic E-state index is 0.0657. The van der Waals surface area contributed by atoms with E-state index in [0.29, 0.717) is 34.4 Å². The van der Waals surface area contributed by atoms with E-state index in [1.807, 2.05) is 12.1 Å². The number of fused-ring (bicyclic) bond motifs is 1. The van der Waals surface area contributed by atoms with Crippen LogP contribution in [0.25, 0.3) is 15.9 Å². The molecule has 1 N–H and O–H groups in total. The molecule has 0 unspecified atom stereocenters. The molecule has 1 aromatic carbocycles. The average Bonchev–Trinajstić information content (AvgIpc) is 3.45. The Morgan fingerprint density at radius 2 is 2.13 bits per heavy atom. The number of hydrogen-bond donors (Lipinski definition) is 1. The highest BCUT2D eigenvalue weighted by Gasteiger charge is 2.25. The highest BCUT2D eigenvalue weighted by molar-refractivity contribution is 7.20. The van der Waals surface area contributed by atoms with E-state index in [1.54, 1.807) is 24.3 Å². The van der Waals surface area contributed by atoms with Crippen LogP contribution < -0.4 is 4.74 Å². The average molecular weight is 569 g/mol. The fraction of sp³-hybridized carbons (Fsp3) is 0.321. The summed E-state index contributed by atoms with van der Waals surface area (Å²) in [5, 5.41) is 9.75. The molecule has 0 saturated carbocycles. The van der Waals surface area contributed by atoms with Gasteiger partial charge in [0.15, 0.2) is 0 Å². The largest absolute Gasteiger partial charge is 0.477 e. The molecule has 0 bridgehead atoms. The van der Waals surface area contributed by atoms with Crippen molar-refractivity contribution in [3.63, 3.8) is 0 Å². The van der Waals surface area contributed by atoms with E-state index in [-0.39, 0.29) is 12.7 Å². The second-order valence-corrected chi connectivity index (χ2v) is 11.1. The first-order valence-electron chi connectivity index (χ1n) is 12.7. The van der Waals surface area contributed by atoms with Crippen LogP contribution in [0, 0.1) is 5.82 Å². The molecule has 2 aliphatic heterocycles. The van der Waals surface area contributed by atoms with Crippen molar-refractivity contribution >= 4 is 44.8 Å². The van der Waals surface area contributed by atoms with Crippen molar-refractivity contribution in [1.29, 1.82) is 0 Å². The predicted molar refractivity (Wildman–Crippen MR) is 147 cm³/mol. The second-order valence-electron chi connectivity index (χ2n) is 9.63. The molecule has 6 rings (SSSR count). The fourth-order valence-electron chi connectivity index (χ4n) is 4.78. The number of carbonyl (C=O) groups is 1. The minimum atomic E-state index is -0.931. The summed E-state index contributed by atoms with van der Waals surface area (Å²) in [6.45, 7) is 3.72. The molecule has 39 heavy (non-hydrogen) atoms. The van der Waals surface area contributed by atoms with Crippen LogP contribution in [0.2, 0.25) is 5.02 Å². The summed E-state index contributed by atoms with van der Waals surface area (Å²) in [6.07, 6.45) is 4.11. The molecular weight excluding hydrogens is 543 g/mol. The molecule has 202 valence electrons. The van der Waals surface area contributed by atoms with Crippen LogP contribution >= 0.6 is 22.9 Å². The van der Waals surface area contributed by atoms with Crippen LogP contribution in [0.15, 0.2) is 48.5 Å². The van der Waals surface area contributed by atoms with Crippen LogP contribution in [0.1, 0.15) is 39.6 Å². The Morgan fingerprint density at radius 3 is 2.85 bits per heavy atom. The van der Waals surface area contributed by atoms with Gasteiger partial charge in [0.1, 0.15) is 28.0 Å². The van der Waals surface area contributed by atoms with Gasteiger partial charge < -0.3 is 19.1 Å². The van der Waals surface area contributed by atoms with E-state index in [4.69, 9.17) is 26.1 Å². The van der Waals surface area contributed by atoms with Gasteiger partial charge in [0.25, 0.3) is 0 Å². The van der Waals surface area contributed by atoms with E-state index in [1.165, 1.54) is 17.4 Å². The van der Waals surface area contributed by atoms with Gasteiger partial charge in [-0.15, -0.1) is 11.3 Å². The number of hydrogen-bond acceptors (Lipinski definition) is 7. The van der Waals surface area contributed by atoms with Gasteiger partial charge in [-0.25, -0.2) is 19.2 Å². The van der Waals surface area contributed by atoms with Gasteiger partial charge in [-0.2, -0.15) is 0 Å². The molecular formula is C28H26ClFN4O4S. The van der Waals surface area contributed by atoms with Crippen LogP contribution in [0.5, 0.6) is 5.88 Å². The lowest BCUT2D eigenvalue weighted by Crippen LogP contribution is -2.33. The first kappa shape index (κ1) is 25.9. The van der Waals surface area contributed by atoms with Gasteiger partial charge in [0, 0.05) is 36.3 Å². The Morgan fingerprint density at radius 1 is 1.26 bits per heavy atom. The van der Waals surface area contributed by atoms with Gasteiger partial charge in [-0.3, -0.25) is 4.90 Å². The standard InChI is InChI=1S/C28H26ClFN4O4S/c29-19-5-4-18(21(30)12-19)16-38-26-3-1-2-22(31-26)17-6-9-33(10-7-17)15-25-32-27-23(13-24(39-27)28(35)36)34(25)14-20-8-11-37-20/h1-6,12-13,20H,7-11,14-16H2,(H,35,36)/t20-/m0/s1. The maximum Gasteiger partial charge on any atom is 0.346 e. The minimum Gasteiger partial charge on any atom is -0.477 e. The summed E-state index contributed by atoms with van der Waals surface area (Å²) in [7, 11) is 0. The van der Waals surface area contributed by atoms with Crippen molar-refractivity contribution < 1.29 is 23.8 Å². The maximum atomic E-state index is 14.1. The Hall–Kier alpha value is -3.31. The number of aromatic carboxylic acids is 1. The van der Waals surface area contributed by atoms with Crippen molar-refractivity contribution in [3.05, 3.63) is 81.3 Å². The Kier molecular flexibility index (Phi) is 7.35. The molecule has 0 radical (unpaired) electrons. The third-order valence-electron chi connectivity index (χ3n) is 7.02. The van der Waals surface area contributed by atoms with E-state index in [0.717, 1.165) is 60.0 Å². The molecule has 4 aromatic rings. The zero-order valence-corrected chi connectivity index (χ0v) is 22.6. The monoisotopic (exact) mass is 568 g/mol. The lowest BCUT2D eigenvalue weighted by molar-refractivity contribution is -0.0591. The van der Waals surface area contributed by atoms with E-state index >= 15 is 0 Å². The number of benzene rings is 1. The molecule has 0 aliphatic carbocycles. The number of carboxylic acids is 1. The number of nitrogens with zero attached hydrogens (tertiary/aromatic N) is 4. The topological polar surface area (TPSA) is 89.7 Å². The number of ether oxygens (including phenoxy) is 2. The number of imidazole rings is 1. The maximum absolute atomic E-state index is 14.1. The second kappa shape index (κ2) is 11.1. The quantitative estimate of drug-likeness (QED) is 0.279. The van der Waals surface area contributed by atoms with Crippen molar-refractivity contribution in [2.75, 3.05) is 19.7 Å². The van der Waals surface area contributed by atoms with Crippen molar-refractivity contribution in [2.45, 2.75) is 38.6 Å². The highest BCUT2D eigenvalue weighted by atomic mass is 35.5. The number of halogens is 2. The van der Waals surface area contributed by atoms with Crippen LogP contribution in [-0.2, 0) is 24.4 Å². The molecule has 0 amide bonds. The number of pyridine rings is 1. The fourth-order valence-corrected chi connectivity index (χ4v) is 5.83. The molecule has 11 heteroatoms. The summed E-state index contributed by atoms with van der Waals surface area (Å²) >= 11 is 7.04. The normalized spacial score (nSPS) is 17.7. The predicted octanol–water partition coefficient (Wildman–Crippen LogP) is 5.64. The third kappa shape index (κ3) is 5.69. The Balaban J connectivity index is 1.13. The molecule has 3 aromatic heterocycles. The molecule has 1 atom stereocenters. The van der Waals surface area contributed by atoms with Crippen LogP contribution in [0.3, 0.4) is 0 Å². The number of thiophene rings is 1. The van der Waals surface area contributed by atoms with Gasteiger partial charge in [0.05, 0.1) is 30.4 Å².